The van der Waals surface area contributed by atoms with E-state index in [0.717, 1.165) is 0 Å². The molecule has 0 heterocycles. The van der Waals surface area contributed by atoms with Crippen molar-refractivity contribution in [1.82, 2.24) is 0 Å². The summed E-state index contributed by atoms with van der Waals surface area (Å²) in [7, 11) is 0. The molecule has 0 bridgehead atoms. The molecule has 13 heavy (non-hydrogen) atoms. The molecule has 1 aromatic carbocycles. The molecule has 0 amide bonds. The molecular formula is C10H9ClFN. The molecule has 0 aromatic heterocycles. The summed E-state index contributed by atoms with van der Waals surface area (Å²) in [5.41, 5.74) is 0.845. The maximum Gasteiger partial charge on any atom is 0.130 e. The molecular weight excluding hydrogens is 189 g/mol. The highest BCUT2D eigenvalue weighted by molar-refractivity contribution is 6.30. The second-order valence-corrected chi connectivity index (χ2v) is 3.41. The Morgan fingerprint density at radius 1 is 1.54 bits per heavy atom. The minimum atomic E-state index is -0.461. The van der Waals surface area contributed by atoms with Crippen molar-refractivity contribution in [3.05, 3.63) is 34.1 Å². The van der Waals surface area contributed by atoms with Crippen molar-refractivity contribution in [2.24, 2.45) is 0 Å². The van der Waals surface area contributed by atoms with Gasteiger partial charge in [-0.3, -0.25) is 0 Å². The van der Waals surface area contributed by atoms with Crippen LogP contribution in [0, 0.1) is 24.1 Å². The zero-order valence-corrected chi connectivity index (χ0v) is 8.19. The molecule has 1 unspecified atom stereocenters. The van der Waals surface area contributed by atoms with E-state index in [-0.39, 0.29) is 5.82 Å². The van der Waals surface area contributed by atoms with Gasteiger partial charge in [0.25, 0.3) is 0 Å². The van der Waals surface area contributed by atoms with Crippen LogP contribution in [0.1, 0.15) is 24.0 Å². The predicted molar refractivity (Wildman–Crippen MR) is 50.2 cm³/mol. The van der Waals surface area contributed by atoms with Crippen molar-refractivity contribution in [1.29, 1.82) is 5.26 Å². The van der Waals surface area contributed by atoms with Gasteiger partial charge in [0.1, 0.15) is 5.82 Å². The Labute approximate surface area is 81.8 Å². The molecule has 1 atom stereocenters. The number of benzene rings is 1. The van der Waals surface area contributed by atoms with Crippen molar-refractivity contribution in [3.8, 4) is 6.07 Å². The number of nitriles is 1. The third-order valence-electron chi connectivity index (χ3n) is 1.91. The molecule has 0 aliphatic heterocycles. The lowest BCUT2D eigenvalue weighted by atomic mass is 10.00. The maximum absolute atomic E-state index is 13.4. The lowest BCUT2D eigenvalue weighted by molar-refractivity contribution is 0.597. The lowest BCUT2D eigenvalue weighted by Gasteiger charge is -2.07. The molecule has 0 saturated carbocycles. The van der Waals surface area contributed by atoms with E-state index in [9.17, 15) is 4.39 Å². The smallest absolute Gasteiger partial charge is 0.130 e. The summed E-state index contributed by atoms with van der Waals surface area (Å²) in [4.78, 5) is 0. The summed E-state index contributed by atoms with van der Waals surface area (Å²) in [5.74, 6) is -0.796. The molecule has 0 saturated heterocycles. The van der Waals surface area contributed by atoms with Gasteiger partial charge >= 0.3 is 0 Å². The van der Waals surface area contributed by atoms with Gasteiger partial charge in [-0.25, -0.2) is 4.39 Å². The highest BCUT2D eigenvalue weighted by atomic mass is 35.5. The van der Waals surface area contributed by atoms with Crippen LogP contribution in [0.15, 0.2) is 12.1 Å². The van der Waals surface area contributed by atoms with Crippen molar-refractivity contribution in [3.63, 3.8) is 0 Å². The van der Waals surface area contributed by atoms with Gasteiger partial charge in [0.2, 0.25) is 0 Å². The number of nitrogens with zero attached hydrogens (tertiary/aromatic N) is 1. The Balaban J connectivity index is 3.30. The van der Waals surface area contributed by atoms with Crippen molar-refractivity contribution >= 4 is 11.6 Å². The highest BCUT2D eigenvalue weighted by Crippen LogP contribution is 2.25. The zero-order chi connectivity index (χ0) is 10.0. The third-order valence-corrected chi connectivity index (χ3v) is 2.13. The summed E-state index contributed by atoms with van der Waals surface area (Å²) in [5, 5.41) is 9.10. The first-order valence-corrected chi connectivity index (χ1v) is 4.29. The summed E-state index contributed by atoms with van der Waals surface area (Å²) >= 11 is 5.75. The fourth-order valence-corrected chi connectivity index (χ4v) is 1.42. The topological polar surface area (TPSA) is 23.8 Å². The van der Waals surface area contributed by atoms with Gasteiger partial charge in [0.15, 0.2) is 0 Å². The van der Waals surface area contributed by atoms with E-state index < -0.39 is 5.92 Å². The maximum atomic E-state index is 13.4. The Kier molecular flexibility index (Phi) is 2.90. The van der Waals surface area contributed by atoms with E-state index in [4.69, 9.17) is 16.9 Å². The van der Waals surface area contributed by atoms with Gasteiger partial charge in [-0.2, -0.15) is 5.26 Å². The Bertz CT molecular complexity index is 368. The van der Waals surface area contributed by atoms with Gasteiger partial charge in [-0.1, -0.05) is 11.6 Å². The van der Waals surface area contributed by atoms with Gasteiger partial charge in [0, 0.05) is 10.6 Å². The molecule has 0 fully saturated rings. The van der Waals surface area contributed by atoms with Crippen molar-refractivity contribution < 1.29 is 4.39 Å². The van der Waals surface area contributed by atoms with Gasteiger partial charge < -0.3 is 0 Å². The minimum Gasteiger partial charge on any atom is -0.206 e. The normalized spacial score (nSPS) is 12.2. The number of hydrogen-bond donors (Lipinski definition) is 0. The summed E-state index contributed by atoms with van der Waals surface area (Å²) in [6.45, 7) is 3.28. The van der Waals surface area contributed by atoms with Crippen LogP contribution in [0.2, 0.25) is 5.02 Å². The Hall–Kier alpha value is -1.07. The van der Waals surface area contributed by atoms with E-state index in [2.05, 4.69) is 0 Å². The Morgan fingerprint density at radius 2 is 2.15 bits per heavy atom. The largest absolute Gasteiger partial charge is 0.206 e. The second-order valence-electron chi connectivity index (χ2n) is 2.98. The average molecular weight is 198 g/mol. The first-order chi connectivity index (χ1) is 6.06. The first kappa shape index (κ1) is 10.0. The average Bonchev–Trinajstić information content (AvgIpc) is 2.10. The number of aryl methyl sites for hydroxylation is 1. The van der Waals surface area contributed by atoms with Gasteiger partial charge in [0.05, 0.1) is 12.0 Å². The molecule has 0 aliphatic rings. The van der Waals surface area contributed by atoms with E-state index in [0.29, 0.717) is 16.1 Å². The third kappa shape index (κ3) is 1.99. The van der Waals surface area contributed by atoms with E-state index in [1.165, 1.54) is 6.07 Å². The fraction of sp³-hybridized carbons (Fsp3) is 0.300. The SMILES string of the molecule is Cc1cc(Cl)cc(C(C)C#N)c1F. The lowest BCUT2D eigenvalue weighted by Crippen LogP contribution is -1.97. The molecule has 1 nitrogen and oxygen atoms in total. The van der Waals surface area contributed by atoms with Crippen LogP contribution >= 0.6 is 11.6 Å². The van der Waals surface area contributed by atoms with Crippen molar-refractivity contribution in [2.45, 2.75) is 19.8 Å². The standard InChI is InChI=1S/C10H9ClFN/c1-6-3-8(11)4-9(10(6)12)7(2)5-13/h3-4,7H,1-2H3. The van der Waals surface area contributed by atoms with Crippen LogP contribution in [0.4, 0.5) is 4.39 Å². The summed E-state index contributed by atoms with van der Waals surface area (Å²) < 4.78 is 13.4. The quantitative estimate of drug-likeness (QED) is 0.677. The molecule has 1 aromatic rings. The predicted octanol–water partition coefficient (Wildman–Crippen LogP) is 3.41. The van der Waals surface area contributed by atoms with Crippen LogP contribution < -0.4 is 0 Å². The molecule has 3 heteroatoms. The van der Waals surface area contributed by atoms with Gasteiger partial charge in [-0.15, -0.1) is 0 Å². The molecule has 0 aliphatic carbocycles. The molecule has 0 N–H and O–H groups in total. The first-order valence-electron chi connectivity index (χ1n) is 3.91. The molecule has 1 rings (SSSR count). The number of hydrogen-bond acceptors (Lipinski definition) is 1. The Morgan fingerprint density at radius 3 is 2.69 bits per heavy atom. The highest BCUT2D eigenvalue weighted by Gasteiger charge is 2.12. The number of halogens is 2. The van der Waals surface area contributed by atoms with E-state index >= 15 is 0 Å². The van der Waals surface area contributed by atoms with Crippen LogP contribution in [0.5, 0.6) is 0 Å². The fourth-order valence-electron chi connectivity index (χ4n) is 1.14. The molecule has 0 spiro atoms. The van der Waals surface area contributed by atoms with Gasteiger partial charge in [-0.05, 0) is 31.5 Å². The van der Waals surface area contributed by atoms with E-state index in [1.54, 1.807) is 19.9 Å². The van der Waals surface area contributed by atoms with E-state index in [1.807, 2.05) is 6.07 Å². The summed E-state index contributed by atoms with van der Waals surface area (Å²) in [6, 6.07) is 5.02. The van der Waals surface area contributed by atoms with Crippen LogP contribution in [0.3, 0.4) is 0 Å². The van der Waals surface area contributed by atoms with Crippen LogP contribution in [0.25, 0.3) is 0 Å². The molecule has 68 valence electrons. The zero-order valence-electron chi connectivity index (χ0n) is 7.44. The second kappa shape index (κ2) is 3.76. The minimum absolute atomic E-state index is 0.335. The monoisotopic (exact) mass is 197 g/mol. The van der Waals surface area contributed by atoms with Crippen molar-refractivity contribution in [2.75, 3.05) is 0 Å². The van der Waals surface area contributed by atoms with Crippen LogP contribution in [-0.4, -0.2) is 0 Å². The molecule has 0 radical (unpaired) electrons. The summed E-state index contributed by atoms with van der Waals surface area (Å²) in [6.07, 6.45) is 0. The van der Waals surface area contributed by atoms with Crippen LogP contribution in [-0.2, 0) is 0 Å². The number of rotatable bonds is 1.